The molecule has 3 aliphatic rings. The summed E-state index contributed by atoms with van der Waals surface area (Å²) >= 11 is 0. The fourth-order valence-electron chi connectivity index (χ4n) is 6.83. The average molecular weight is 502 g/mol. The second kappa shape index (κ2) is 11.8. The summed E-state index contributed by atoms with van der Waals surface area (Å²) in [6.45, 7) is 6.95. The van der Waals surface area contributed by atoms with Gasteiger partial charge in [-0.25, -0.2) is 0 Å². The summed E-state index contributed by atoms with van der Waals surface area (Å²) in [6, 6.07) is 4.52. The summed E-state index contributed by atoms with van der Waals surface area (Å²) in [4.78, 5) is 27.1. The summed E-state index contributed by atoms with van der Waals surface area (Å²) in [7, 11) is 3.35. The van der Waals surface area contributed by atoms with Gasteiger partial charge in [-0.05, 0) is 79.0 Å². The SMILES string of the molecule is COc1cc2c(cc1OC)[C@H]1C[C@@H](COC(=O)CC3CCCCC3C(=O)O)[C@H](CC(C)C)CN1CC2. The third-order valence-electron chi connectivity index (χ3n) is 8.66. The molecule has 1 N–H and O–H groups in total. The van der Waals surface area contributed by atoms with E-state index in [1.54, 1.807) is 14.2 Å². The van der Waals surface area contributed by atoms with E-state index in [9.17, 15) is 14.7 Å². The fourth-order valence-corrected chi connectivity index (χ4v) is 6.83. The Bertz CT molecular complexity index is 931. The molecule has 0 amide bonds. The number of fused-ring (bicyclic) bond motifs is 3. The highest BCUT2D eigenvalue weighted by Crippen LogP contribution is 2.45. The molecule has 7 nitrogen and oxygen atoms in total. The topological polar surface area (TPSA) is 85.3 Å². The first-order chi connectivity index (χ1) is 17.3. The maximum absolute atomic E-state index is 12.8. The average Bonchev–Trinajstić information content (AvgIpc) is 2.86. The molecule has 200 valence electrons. The minimum atomic E-state index is -0.778. The molecule has 1 saturated carbocycles. The lowest BCUT2D eigenvalue weighted by Gasteiger charge is -2.47. The van der Waals surface area contributed by atoms with Gasteiger partial charge in [-0.1, -0.05) is 26.7 Å². The maximum atomic E-state index is 12.8. The smallest absolute Gasteiger partial charge is 0.306 e. The molecule has 2 aliphatic heterocycles. The summed E-state index contributed by atoms with van der Waals surface area (Å²) in [6.07, 6.45) is 6.63. The number of piperidine rings is 1. The van der Waals surface area contributed by atoms with Crippen molar-refractivity contribution in [3.05, 3.63) is 23.3 Å². The van der Waals surface area contributed by atoms with E-state index in [1.807, 2.05) is 0 Å². The molecule has 1 saturated heterocycles. The van der Waals surface area contributed by atoms with Crippen LogP contribution in [0.1, 0.15) is 76.0 Å². The van der Waals surface area contributed by atoms with E-state index in [4.69, 9.17) is 14.2 Å². The third kappa shape index (κ3) is 5.99. The van der Waals surface area contributed by atoms with Gasteiger partial charge in [0.2, 0.25) is 0 Å². The molecular formula is C29H43NO6. The number of nitrogens with zero attached hydrogens (tertiary/aromatic N) is 1. The number of rotatable bonds is 9. The van der Waals surface area contributed by atoms with Crippen molar-refractivity contribution in [2.24, 2.45) is 29.6 Å². The Morgan fingerprint density at radius 3 is 2.47 bits per heavy atom. The minimum Gasteiger partial charge on any atom is -0.493 e. The molecule has 2 unspecified atom stereocenters. The molecule has 1 aromatic carbocycles. The van der Waals surface area contributed by atoms with Gasteiger partial charge in [0.25, 0.3) is 0 Å². The number of esters is 1. The highest BCUT2D eigenvalue weighted by molar-refractivity contribution is 5.74. The molecule has 0 aromatic heterocycles. The molecule has 1 aliphatic carbocycles. The monoisotopic (exact) mass is 501 g/mol. The van der Waals surface area contributed by atoms with E-state index in [1.165, 1.54) is 11.1 Å². The van der Waals surface area contributed by atoms with Crippen LogP contribution in [0.2, 0.25) is 0 Å². The molecule has 0 radical (unpaired) electrons. The zero-order valence-corrected chi connectivity index (χ0v) is 22.3. The lowest BCUT2D eigenvalue weighted by molar-refractivity contribution is -0.151. The number of carboxylic acid groups (broad SMARTS) is 1. The van der Waals surface area contributed by atoms with Gasteiger partial charge in [0, 0.05) is 25.6 Å². The zero-order valence-electron chi connectivity index (χ0n) is 22.3. The van der Waals surface area contributed by atoms with Crippen LogP contribution in [-0.2, 0) is 20.7 Å². The summed E-state index contributed by atoms with van der Waals surface area (Å²) in [5.41, 5.74) is 2.61. The van der Waals surface area contributed by atoms with Crippen molar-refractivity contribution in [2.75, 3.05) is 33.9 Å². The molecule has 5 atom stereocenters. The van der Waals surface area contributed by atoms with Crippen molar-refractivity contribution in [1.29, 1.82) is 0 Å². The van der Waals surface area contributed by atoms with E-state index in [0.717, 1.165) is 63.1 Å². The van der Waals surface area contributed by atoms with Gasteiger partial charge in [0.05, 0.1) is 26.7 Å². The Morgan fingerprint density at radius 2 is 1.78 bits per heavy atom. The van der Waals surface area contributed by atoms with Crippen LogP contribution in [0.3, 0.4) is 0 Å². The van der Waals surface area contributed by atoms with Crippen molar-refractivity contribution in [3.8, 4) is 11.5 Å². The van der Waals surface area contributed by atoms with Crippen LogP contribution < -0.4 is 9.47 Å². The van der Waals surface area contributed by atoms with Gasteiger partial charge in [0.1, 0.15) is 0 Å². The van der Waals surface area contributed by atoms with E-state index in [-0.39, 0.29) is 30.3 Å². The Kier molecular flexibility index (Phi) is 8.81. The number of aliphatic carboxylic acids is 1. The van der Waals surface area contributed by atoms with E-state index < -0.39 is 11.9 Å². The number of hydrogen-bond acceptors (Lipinski definition) is 6. The second-order valence-corrected chi connectivity index (χ2v) is 11.4. The van der Waals surface area contributed by atoms with E-state index in [0.29, 0.717) is 24.9 Å². The molecule has 7 heteroatoms. The van der Waals surface area contributed by atoms with Crippen molar-refractivity contribution < 1.29 is 28.9 Å². The summed E-state index contributed by atoms with van der Waals surface area (Å²) < 4.78 is 17.0. The number of carboxylic acids is 1. The molecule has 36 heavy (non-hydrogen) atoms. The Labute approximate surface area is 215 Å². The number of methoxy groups -OCH3 is 2. The molecule has 4 rings (SSSR count). The van der Waals surface area contributed by atoms with Gasteiger partial charge < -0.3 is 19.3 Å². The van der Waals surface area contributed by atoms with Crippen molar-refractivity contribution in [2.45, 2.75) is 71.3 Å². The standard InChI is InChI=1S/C29H43NO6/c1-18(2)11-21-16-30-10-9-20-13-26(34-3)27(35-4)15-24(20)25(30)12-22(21)17-36-28(31)14-19-7-5-6-8-23(19)29(32)33/h13,15,18-19,21-23,25H,5-12,14,16-17H2,1-4H3,(H,32,33)/t19?,21-,22+,23?,25-/m1/s1. The van der Waals surface area contributed by atoms with Crippen LogP contribution in [0.4, 0.5) is 0 Å². The lowest BCUT2D eigenvalue weighted by atomic mass is 9.74. The van der Waals surface area contributed by atoms with Crippen LogP contribution in [0.15, 0.2) is 12.1 Å². The fraction of sp³-hybridized carbons (Fsp3) is 0.724. The van der Waals surface area contributed by atoms with Crippen molar-refractivity contribution in [1.82, 2.24) is 4.90 Å². The minimum absolute atomic E-state index is 0.107. The maximum Gasteiger partial charge on any atom is 0.306 e. The second-order valence-electron chi connectivity index (χ2n) is 11.4. The summed E-state index contributed by atoms with van der Waals surface area (Å²) in [5, 5.41) is 9.56. The first-order valence-electron chi connectivity index (χ1n) is 13.7. The van der Waals surface area contributed by atoms with Crippen LogP contribution >= 0.6 is 0 Å². The van der Waals surface area contributed by atoms with Crippen LogP contribution in [0.25, 0.3) is 0 Å². The Morgan fingerprint density at radius 1 is 1.06 bits per heavy atom. The number of hydrogen-bond donors (Lipinski definition) is 1. The first-order valence-corrected chi connectivity index (χ1v) is 13.7. The predicted octanol–water partition coefficient (Wildman–Crippen LogP) is 5.11. The van der Waals surface area contributed by atoms with Crippen molar-refractivity contribution >= 4 is 11.9 Å². The molecule has 2 heterocycles. The van der Waals surface area contributed by atoms with E-state index >= 15 is 0 Å². The number of carbonyl (C=O) groups excluding carboxylic acids is 1. The number of ether oxygens (including phenoxy) is 3. The summed E-state index contributed by atoms with van der Waals surface area (Å²) in [5.74, 6) is 1.30. The van der Waals surface area contributed by atoms with Crippen LogP contribution in [0.5, 0.6) is 11.5 Å². The van der Waals surface area contributed by atoms with Crippen molar-refractivity contribution in [3.63, 3.8) is 0 Å². The van der Waals surface area contributed by atoms with E-state index in [2.05, 4.69) is 30.9 Å². The largest absolute Gasteiger partial charge is 0.493 e. The highest BCUT2D eigenvalue weighted by Gasteiger charge is 2.40. The molecule has 2 fully saturated rings. The van der Waals surface area contributed by atoms with Gasteiger partial charge in [-0.2, -0.15) is 0 Å². The number of carbonyl (C=O) groups is 2. The van der Waals surface area contributed by atoms with Crippen LogP contribution in [0, 0.1) is 29.6 Å². The Balaban J connectivity index is 1.46. The molecule has 0 bridgehead atoms. The third-order valence-corrected chi connectivity index (χ3v) is 8.66. The molecule has 0 spiro atoms. The van der Waals surface area contributed by atoms with Gasteiger partial charge in [-0.15, -0.1) is 0 Å². The van der Waals surface area contributed by atoms with Gasteiger partial charge in [-0.3, -0.25) is 14.5 Å². The van der Waals surface area contributed by atoms with Crippen LogP contribution in [-0.4, -0.2) is 55.9 Å². The molecule has 1 aromatic rings. The zero-order chi connectivity index (χ0) is 25.8. The quantitative estimate of drug-likeness (QED) is 0.471. The molecular weight excluding hydrogens is 458 g/mol. The lowest BCUT2D eigenvalue weighted by Crippen LogP contribution is -2.47. The highest BCUT2D eigenvalue weighted by atomic mass is 16.5. The number of benzene rings is 1. The van der Waals surface area contributed by atoms with Gasteiger partial charge in [0.15, 0.2) is 11.5 Å². The normalized spacial score (nSPS) is 28.2. The van der Waals surface area contributed by atoms with Gasteiger partial charge >= 0.3 is 11.9 Å². The Hall–Kier alpha value is -2.28. The predicted molar refractivity (Wildman–Crippen MR) is 137 cm³/mol. The first kappa shape index (κ1) is 26.8.